The van der Waals surface area contributed by atoms with Gasteiger partial charge in [-0.1, -0.05) is 6.92 Å². The van der Waals surface area contributed by atoms with Gasteiger partial charge in [-0.25, -0.2) is 17.6 Å². The molecule has 17 heavy (non-hydrogen) atoms. The van der Waals surface area contributed by atoms with Crippen molar-refractivity contribution in [3.8, 4) is 0 Å². The molecule has 0 spiro atoms. The van der Waals surface area contributed by atoms with Gasteiger partial charge in [0.15, 0.2) is 0 Å². The molecule has 4 nitrogen and oxygen atoms in total. The minimum absolute atomic E-state index is 0.179. The average Bonchev–Trinajstić information content (AvgIpc) is 2.23. The van der Waals surface area contributed by atoms with Crippen LogP contribution in [0.3, 0.4) is 0 Å². The molecule has 1 aromatic carbocycles. The fourth-order valence-electron chi connectivity index (χ4n) is 1.10. The number of carbonyl (C=O) groups is 1. The highest BCUT2D eigenvalue weighted by Gasteiger charge is 2.16. The number of carbonyl (C=O) groups excluding carboxylic acids is 1. The van der Waals surface area contributed by atoms with Gasteiger partial charge in [-0.3, -0.25) is 0 Å². The molecular formula is C10H10ClFO4S. The van der Waals surface area contributed by atoms with Gasteiger partial charge >= 0.3 is 5.97 Å². The minimum atomic E-state index is -4.08. The van der Waals surface area contributed by atoms with Crippen molar-refractivity contribution in [2.75, 3.05) is 6.61 Å². The number of ether oxygens (including phenoxy) is 1. The smallest absolute Gasteiger partial charge is 0.338 e. The highest BCUT2D eigenvalue weighted by molar-refractivity contribution is 8.13. The van der Waals surface area contributed by atoms with E-state index in [4.69, 9.17) is 15.4 Å². The van der Waals surface area contributed by atoms with E-state index in [-0.39, 0.29) is 12.2 Å². The van der Waals surface area contributed by atoms with E-state index in [0.717, 1.165) is 18.2 Å². The maximum atomic E-state index is 13.1. The second kappa shape index (κ2) is 5.46. The maximum Gasteiger partial charge on any atom is 0.338 e. The van der Waals surface area contributed by atoms with Crippen LogP contribution in [-0.4, -0.2) is 21.0 Å². The highest BCUT2D eigenvalue weighted by Crippen LogP contribution is 2.19. The predicted octanol–water partition coefficient (Wildman–Crippen LogP) is 2.32. The zero-order valence-electron chi connectivity index (χ0n) is 8.94. The molecule has 0 aliphatic carbocycles. The quantitative estimate of drug-likeness (QED) is 0.627. The average molecular weight is 281 g/mol. The van der Waals surface area contributed by atoms with Gasteiger partial charge in [-0.05, 0) is 24.6 Å². The molecule has 1 aromatic rings. The number of rotatable bonds is 4. The third kappa shape index (κ3) is 3.98. The summed E-state index contributed by atoms with van der Waals surface area (Å²) in [5.74, 6) is -1.65. The van der Waals surface area contributed by atoms with Crippen LogP contribution < -0.4 is 0 Å². The molecule has 0 bridgehead atoms. The van der Waals surface area contributed by atoms with Crippen LogP contribution in [0.2, 0.25) is 0 Å². The highest BCUT2D eigenvalue weighted by atomic mass is 35.7. The Morgan fingerprint density at radius 3 is 2.59 bits per heavy atom. The molecule has 0 saturated carbocycles. The lowest BCUT2D eigenvalue weighted by Gasteiger charge is -2.04. The monoisotopic (exact) mass is 280 g/mol. The van der Waals surface area contributed by atoms with Gasteiger partial charge in [0, 0.05) is 10.7 Å². The summed E-state index contributed by atoms with van der Waals surface area (Å²) in [5, 5.41) is 0. The lowest BCUT2D eigenvalue weighted by Crippen LogP contribution is -2.07. The Kier molecular flexibility index (Phi) is 4.47. The van der Waals surface area contributed by atoms with E-state index < -0.39 is 25.7 Å². The Labute approximate surface area is 103 Å². The van der Waals surface area contributed by atoms with E-state index in [1.165, 1.54) is 0 Å². The summed E-state index contributed by atoms with van der Waals surface area (Å²) in [4.78, 5) is 10.9. The fourth-order valence-corrected chi connectivity index (χ4v) is 1.89. The SMILES string of the molecule is CCCOC(=O)c1cc(F)cc(S(=O)(=O)Cl)c1. The Balaban J connectivity index is 3.10. The van der Waals surface area contributed by atoms with E-state index in [0.29, 0.717) is 6.42 Å². The summed E-state index contributed by atoms with van der Waals surface area (Å²) < 4.78 is 39.9. The number of halogens is 2. The Morgan fingerprint density at radius 1 is 1.41 bits per heavy atom. The van der Waals surface area contributed by atoms with Crippen LogP contribution in [0, 0.1) is 5.82 Å². The summed E-state index contributed by atoms with van der Waals surface area (Å²) in [6, 6.07) is 2.60. The van der Waals surface area contributed by atoms with Crippen molar-refractivity contribution in [1.29, 1.82) is 0 Å². The molecule has 0 unspecified atom stereocenters. The molecule has 0 aliphatic rings. The molecule has 0 heterocycles. The van der Waals surface area contributed by atoms with Crippen molar-refractivity contribution >= 4 is 25.7 Å². The zero-order chi connectivity index (χ0) is 13.1. The van der Waals surface area contributed by atoms with E-state index >= 15 is 0 Å². The van der Waals surface area contributed by atoms with Gasteiger partial charge in [0.2, 0.25) is 0 Å². The molecule has 0 radical (unpaired) electrons. The Morgan fingerprint density at radius 2 is 2.06 bits per heavy atom. The van der Waals surface area contributed by atoms with Crippen LogP contribution >= 0.6 is 10.7 Å². The second-order valence-electron chi connectivity index (χ2n) is 3.25. The maximum absolute atomic E-state index is 13.1. The number of hydrogen-bond acceptors (Lipinski definition) is 4. The largest absolute Gasteiger partial charge is 0.462 e. The van der Waals surface area contributed by atoms with Crippen molar-refractivity contribution in [2.45, 2.75) is 18.2 Å². The van der Waals surface area contributed by atoms with E-state index in [1.807, 2.05) is 0 Å². The first kappa shape index (κ1) is 13.9. The van der Waals surface area contributed by atoms with Crippen LogP contribution in [0.1, 0.15) is 23.7 Å². The van der Waals surface area contributed by atoms with Gasteiger partial charge < -0.3 is 4.74 Å². The fraction of sp³-hybridized carbons (Fsp3) is 0.300. The lowest BCUT2D eigenvalue weighted by atomic mass is 10.2. The van der Waals surface area contributed by atoms with Gasteiger partial charge in [-0.15, -0.1) is 0 Å². The third-order valence-corrected chi connectivity index (χ3v) is 3.16. The van der Waals surface area contributed by atoms with Crippen molar-refractivity contribution in [3.05, 3.63) is 29.6 Å². The van der Waals surface area contributed by atoms with Crippen LogP contribution in [0.4, 0.5) is 4.39 Å². The molecule has 0 fully saturated rings. The number of hydrogen-bond donors (Lipinski definition) is 0. The normalized spacial score (nSPS) is 11.2. The van der Waals surface area contributed by atoms with Crippen molar-refractivity contribution in [3.63, 3.8) is 0 Å². The summed E-state index contributed by atoms with van der Waals surface area (Å²) in [6.45, 7) is 1.98. The van der Waals surface area contributed by atoms with Gasteiger partial charge in [0.05, 0.1) is 17.1 Å². The second-order valence-corrected chi connectivity index (χ2v) is 5.82. The van der Waals surface area contributed by atoms with Gasteiger partial charge in [0.1, 0.15) is 5.82 Å². The summed E-state index contributed by atoms with van der Waals surface area (Å²) in [6.07, 6.45) is 0.613. The number of esters is 1. The summed E-state index contributed by atoms with van der Waals surface area (Å²) in [5.41, 5.74) is -0.183. The van der Waals surface area contributed by atoms with Crippen molar-refractivity contribution in [1.82, 2.24) is 0 Å². The Hall–Kier alpha value is -1.14. The lowest BCUT2D eigenvalue weighted by molar-refractivity contribution is 0.0504. The summed E-state index contributed by atoms with van der Waals surface area (Å²) in [7, 11) is 0.988. The predicted molar refractivity (Wildman–Crippen MR) is 60.0 cm³/mol. The molecule has 0 aliphatic heterocycles. The molecule has 1 rings (SSSR count). The summed E-state index contributed by atoms with van der Waals surface area (Å²) >= 11 is 0. The topological polar surface area (TPSA) is 60.4 Å². The molecule has 7 heteroatoms. The van der Waals surface area contributed by atoms with Gasteiger partial charge in [0.25, 0.3) is 9.05 Å². The number of benzene rings is 1. The molecule has 0 saturated heterocycles. The molecule has 0 amide bonds. The first-order valence-electron chi connectivity index (χ1n) is 4.77. The minimum Gasteiger partial charge on any atom is -0.462 e. The Bertz CT molecular complexity index is 527. The molecule has 0 N–H and O–H groups in total. The van der Waals surface area contributed by atoms with Crippen molar-refractivity contribution < 1.29 is 22.3 Å². The van der Waals surface area contributed by atoms with Crippen LogP contribution in [0.15, 0.2) is 23.1 Å². The van der Waals surface area contributed by atoms with Crippen molar-refractivity contribution in [2.24, 2.45) is 0 Å². The van der Waals surface area contributed by atoms with E-state index in [1.54, 1.807) is 6.92 Å². The molecule has 0 atom stereocenters. The van der Waals surface area contributed by atoms with E-state index in [9.17, 15) is 17.6 Å². The standard InChI is InChI=1S/C10H10ClFO4S/c1-2-3-16-10(13)7-4-8(12)6-9(5-7)17(11,14)15/h4-6H,2-3H2,1H3. The first-order chi connectivity index (χ1) is 7.84. The molecule has 0 aromatic heterocycles. The molecular weight excluding hydrogens is 271 g/mol. The van der Waals surface area contributed by atoms with Crippen LogP contribution in [0.25, 0.3) is 0 Å². The van der Waals surface area contributed by atoms with Crippen LogP contribution in [0.5, 0.6) is 0 Å². The first-order valence-corrected chi connectivity index (χ1v) is 7.08. The van der Waals surface area contributed by atoms with Gasteiger partial charge in [-0.2, -0.15) is 0 Å². The zero-order valence-corrected chi connectivity index (χ0v) is 10.5. The van der Waals surface area contributed by atoms with E-state index in [2.05, 4.69) is 0 Å². The van der Waals surface area contributed by atoms with Crippen LogP contribution in [-0.2, 0) is 13.8 Å². The molecule has 94 valence electrons. The third-order valence-electron chi connectivity index (χ3n) is 1.83.